The van der Waals surface area contributed by atoms with Crippen molar-refractivity contribution in [3.05, 3.63) is 75.2 Å². The van der Waals surface area contributed by atoms with Gasteiger partial charge in [-0.2, -0.15) is 0 Å². The van der Waals surface area contributed by atoms with E-state index in [2.05, 4.69) is 15.5 Å². The molecule has 0 aliphatic heterocycles. The average Bonchev–Trinajstić information content (AvgIpc) is 2.82. The first-order valence-electron chi connectivity index (χ1n) is 12.2. The lowest BCUT2D eigenvalue weighted by atomic mass is 9.96. The summed E-state index contributed by atoms with van der Waals surface area (Å²) in [7, 11) is 1.42. The first-order valence-corrected chi connectivity index (χ1v) is 12.2. The Labute approximate surface area is 216 Å². The summed E-state index contributed by atoms with van der Waals surface area (Å²) in [4.78, 5) is 38.2. The quantitative estimate of drug-likeness (QED) is 0.423. The number of amides is 1. The van der Waals surface area contributed by atoms with Crippen LogP contribution in [0, 0.1) is 26.7 Å². The molecule has 1 amide bonds. The molecule has 0 spiro atoms. The molecule has 2 N–H and O–H groups in total. The number of hydrogen-bond donors (Lipinski definition) is 2. The molecule has 0 radical (unpaired) electrons. The van der Waals surface area contributed by atoms with Gasteiger partial charge >= 0.3 is 5.97 Å². The van der Waals surface area contributed by atoms with Crippen LogP contribution in [0.2, 0.25) is 0 Å². The maximum atomic E-state index is 13.6. The molecular formula is C28H34N4O5. The number of aliphatic carboxylic acids is 1. The first kappa shape index (κ1) is 27.6. The van der Waals surface area contributed by atoms with Crippen molar-refractivity contribution >= 4 is 11.9 Å². The fraction of sp³-hybridized carbons (Fsp3) is 0.393. The van der Waals surface area contributed by atoms with Crippen LogP contribution in [-0.2, 0) is 9.59 Å². The molecule has 2 heterocycles. The predicted octanol–water partition coefficient (Wildman–Crippen LogP) is 4.16. The fourth-order valence-electron chi connectivity index (χ4n) is 4.46. The Hall–Kier alpha value is -4.01. The van der Waals surface area contributed by atoms with Crippen LogP contribution in [0.5, 0.6) is 5.88 Å². The number of aryl methyl sites for hydroxylation is 3. The highest BCUT2D eigenvalue weighted by molar-refractivity contribution is 5.82. The number of carboxylic acid groups (broad SMARTS) is 1. The van der Waals surface area contributed by atoms with Gasteiger partial charge in [-0.15, -0.1) is 10.2 Å². The van der Waals surface area contributed by atoms with Gasteiger partial charge in [0.15, 0.2) is 0 Å². The highest BCUT2D eigenvalue weighted by atomic mass is 16.5. The number of methoxy groups -OCH3 is 1. The maximum absolute atomic E-state index is 13.6. The third-order valence-corrected chi connectivity index (χ3v) is 6.23. The summed E-state index contributed by atoms with van der Waals surface area (Å²) in [6, 6.07) is 9.04. The average molecular weight is 507 g/mol. The fourth-order valence-corrected chi connectivity index (χ4v) is 4.46. The van der Waals surface area contributed by atoms with Crippen LogP contribution >= 0.6 is 0 Å². The van der Waals surface area contributed by atoms with Crippen molar-refractivity contribution in [3.8, 4) is 17.1 Å². The number of carbonyl (C=O) groups is 2. The van der Waals surface area contributed by atoms with E-state index in [9.17, 15) is 19.5 Å². The van der Waals surface area contributed by atoms with Crippen LogP contribution in [0.4, 0.5) is 0 Å². The Morgan fingerprint density at radius 3 is 2.32 bits per heavy atom. The minimum Gasteiger partial charge on any atom is -0.481 e. The summed E-state index contributed by atoms with van der Waals surface area (Å²) < 4.78 is 6.80. The van der Waals surface area contributed by atoms with Crippen molar-refractivity contribution in [2.45, 2.75) is 59.5 Å². The van der Waals surface area contributed by atoms with Crippen molar-refractivity contribution in [1.29, 1.82) is 0 Å². The molecule has 0 saturated heterocycles. The Morgan fingerprint density at radius 1 is 1.08 bits per heavy atom. The Kier molecular flexibility index (Phi) is 8.81. The van der Waals surface area contributed by atoms with Crippen LogP contribution in [0.25, 0.3) is 11.3 Å². The van der Waals surface area contributed by atoms with Crippen molar-refractivity contribution in [3.63, 3.8) is 0 Å². The third-order valence-electron chi connectivity index (χ3n) is 6.23. The van der Waals surface area contributed by atoms with Crippen LogP contribution in [0.3, 0.4) is 0 Å². The van der Waals surface area contributed by atoms with Gasteiger partial charge in [0, 0.05) is 23.4 Å². The number of pyridine rings is 1. The minimum atomic E-state index is -1.11. The van der Waals surface area contributed by atoms with Gasteiger partial charge in [-0.05, 0) is 61.9 Å². The summed E-state index contributed by atoms with van der Waals surface area (Å²) in [5.74, 6) is -1.34. The van der Waals surface area contributed by atoms with Crippen LogP contribution < -0.4 is 15.6 Å². The third kappa shape index (κ3) is 6.61. The molecular weight excluding hydrogens is 472 g/mol. The predicted molar refractivity (Wildman–Crippen MR) is 141 cm³/mol. The van der Waals surface area contributed by atoms with Gasteiger partial charge < -0.3 is 19.7 Å². The van der Waals surface area contributed by atoms with Crippen molar-refractivity contribution in [2.24, 2.45) is 5.92 Å². The van der Waals surface area contributed by atoms with E-state index in [1.807, 2.05) is 52.8 Å². The summed E-state index contributed by atoms with van der Waals surface area (Å²) in [6.07, 6.45) is 1.59. The molecule has 37 heavy (non-hydrogen) atoms. The summed E-state index contributed by atoms with van der Waals surface area (Å²) in [6.45, 7) is 9.64. The van der Waals surface area contributed by atoms with E-state index in [1.54, 1.807) is 18.3 Å². The second kappa shape index (κ2) is 11.8. The largest absolute Gasteiger partial charge is 0.481 e. The molecule has 9 heteroatoms. The molecule has 0 bridgehead atoms. The van der Waals surface area contributed by atoms with Gasteiger partial charge in [0.2, 0.25) is 11.8 Å². The number of rotatable bonds is 10. The zero-order valence-corrected chi connectivity index (χ0v) is 22.1. The molecule has 1 aromatic carbocycles. The second-order valence-electron chi connectivity index (χ2n) is 9.71. The van der Waals surface area contributed by atoms with Gasteiger partial charge in [0.05, 0.1) is 25.3 Å². The molecule has 0 aliphatic rings. The molecule has 2 aromatic heterocycles. The number of carbonyl (C=O) groups excluding carboxylic acids is 1. The van der Waals surface area contributed by atoms with Gasteiger partial charge in [0.1, 0.15) is 6.04 Å². The number of nitrogens with zero attached hydrogens (tertiary/aromatic N) is 3. The minimum absolute atomic E-state index is 0.106. The van der Waals surface area contributed by atoms with Gasteiger partial charge in [-0.1, -0.05) is 32.0 Å². The smallest absolute Gasteiger partial charge is 0.305 e. The van der Waals surface area contributed by atoms with Crippen LogP contribution in [0.15, 0.2) is 47.4 Å². The van der Waals surface area contributed by atoms with E-state index < -0.39 is 30.4 Å². The van der Waals surface area contributed by atoms with E-state index in [1.165, 1.54) is 17.7 Å². The lowest BCUT2D eigenvalue weighted by molar-refractivity contribution is -0.138. The molecule has 3 aromatic rings. The number of ether oxygens (including phenoxy) is 1. The molecule has 9 nitrogen and oxygen atoms in total. The molecule has 2 unspecified atom stereocenters. The molecule has 0 fully saturated rings. The second-order valence-corrected chi connectivity index (χ2v) is 9.71. The number of nitrogens with one attached hydrogen (secondary N) is 1. The Morgan fingerprint density at radius 2 is 1.76 bits per heavy atom. The topological polar surface area (TPSA) is 123 Å². The Balaban J connectivity index is 2.07. The van der Waals surface area contributed by atoms with Crippen molar-refractivity contribution in [2.75, 3.05) is 7.11 Å². The van der Waals surface area contributed by atoms with Gasteiger partial charge in [-0.25, -0.2) is 0 Å². The highest BCUT2D eigenvalue weighted by Crippen LogP contribution is 2.32. The van der Waals surface area contributed by atoms with E-state index in [-0.39, 0.29) is 17.4 Å². The lowest BCUT2D eigenvalue weighted by Crippen LogP contribution is -2.40. The van der Waals surface area contributed by atoms with E-state index in [0.717, 1.165) is 22.3 Å². The number of benzene rings is 1. The zero-order valence-electron chi connectivity index (χ0n) is 22.1. The first-order chi connectivity index (χ1) is 17.5. The highest BCUT2D eigenvalue weighted by Gasteiger charge is 2.29. The standard InChI is InChI=1S/C28H34N4O5/c1-16(2)12-23(32-11-10-17(3)13-24(32)33)27(36)29-21(15-25(34)35)20-14-22(30-31-28(20)37-6)26-18(4)8-7-9-19(26)5/h7-11,13-14,16,21,23H,12,15H2,1-6H3,(H,29,36)(H,34,35). The number of aromatic nitrogens is 3. The number of hydrogen-bond acceptors (Lipinski definition) is 6. The molecule has 0 saturated carbocycles. The van der Waals surface area contributed by atoms with Crippen LogP contribution in [-0.4, -0.2) is 38.9 Å². The summed E-state index contributed by atoms with van der Waals surface area (Å²) in [5, 5.41) is 21.1. The Bertz CT molecular complexity index is 1330. The lowest BCUT2D eigenvalue weighted by Gasteiger charge is -2.25. The maximum Gasteiger partial charge on any atom is 0.305 e. The normalized spacial score (nSPS) is 12.7. The van der Waals surface area contributed by atoms with Crippen molar-refractivity contribution < 1.29 is 19.4 Å². The monoisotopic (exact) mass is 506 g/mol. The summed E-state index contributed by atoms with van der Waals surface area (Å²) in [5.41, 5.74) is 4.29. The van der Waals surface area contributed by atoms with Crippen molar-refractivity contribution in [1.82, 2.24) is 20.1 Å². The van der Waals surface area contributed by atoms with Crippen LogP contribution in [0.1, 0.15) is 61.0 Å². The zero-order chi connectivity index (χ0) is 27.3. The molecule has 0 aliphatic carbocycles. The summed E-state index contributed by atoms with van der Waals surface area (Å²) >= 11 is 0. The number of carboxylic acids is 1. The van der Waals surface area contributed by atoms with E-state index >= 15 is 0 Å². The van der Waals surface area contributed by atoms with Gasteiger partial charge in [-0.3, -0.25) is 14.4 Å². The van der Waals surface area contributed by atoms with E-state index in [4.69, 9.17) is 4.74 Å². The SMILES string of the molecule is COc1nnc(-c2c(C)cccc2C)cc1C(CC(=O)O)NC(=O)C(CC(C)C)n1ccc(C)cc1=O. The van der Waals surface area contributed by atoms with E-state index in [0.29, 0.717) is 17.7 Å². The molecule has 3 rings (SSSR count). The van der Waals surface area contributed by atoms with Gasteiger partial charge in [0.25, 0.3) is 5.56 Å². The molecule has 2 atom stereocenters. The molecule has 196 valence electrons.